The average molecular weight is 286 g/mol. The number of nitrogens with zero attached hydrogens (tertiary/aromatic N) is 2. The highest BCUT2D eigenvalue weighted by atomic mass is 15.3. The van der Waals surface area contributed by atoms with Crippen molar-refractivity contribution in [3.63, 3.8) is 0 Å². The molecular formula is C19H30N2. The maximum Gasteiger partial charge on any atom is 0.0492 e. The Hall–Kier alpha value is -1.57. The minimum absolute atomic E-state index is 0.214. The van der Waals surface area contributed by atoms with Gasteiger partial charge in [-0.05, 0) is 29.5 Å². The Bertz CT molecular complexity index is 566. The zero-order chi connectivity index (χ0) is 16.3. The van der Waals surface area contributed by atoms with Crippen LogP contribution in [0.1, 0.15) is 58.4 Å². The molecule has 2 aromatic rings. The van der Waals surface area contributed by atoms with Gasteiger partial charge in [0.05, 0.1) is 0 Å². The van der Waals surface area contributed by atoms with Gasteiger partial charge in [-0.3, -0.25) is 4.68 Å². The summed E-state index contributed by atoms with van der Waals surface area (Å²) in [5.74, 6) is 0. The molecule has 0 amide bonds. The highest BCUT2D eigenvalue weighted by molar-refractivity contribution is 5.31. The molecule has 0 aliphatic rings. The lowest BCUT2D eigenvalue weighted by Crippen LogP contribution is -2.16. The lowest BCUT2D eigenvalue weighted by atomic mass is 9.84. The number of rotatable bonds is 0. The van der Waals surface area contributed by atoms with E-state index in [0.29, 0.717) is 0 Å². The minimum atomic E-state index is 0.214. The summed E-state index contributed by atoms with van der Waals surface area (Å²) in [5.41, 5.74) is 4.60. The van der Waals surface area contributed by atoms with E-state index in [9.17, 15) is 0 Å². The molecule has 0 spiro atoms. The van der Waals surface area contributed by atoms with Crippen molar-refractivity contribution in [1.29, 1.82) is 0 Å². The molecule has 0 saturated heterocycles. The SMILES string of the molecule is Cc1ccccc1C(C)(C)C.Cn1nccc1C(C)(C)C. The van der Waals surface area contributed by atoms with Crippen LogP contribution >= 0.6 is 0 Å². The Morgan fingerprint density at radius 2 is 1.43 bits per heavy atom. The molecule has 21 heavy (non-hydrogen) atoms. The van der Waals surface area contributed by atoms with Gasteiger partial charge in [-0.1, -0.05) is 65.8 Å². The van der Waals surface area contributed by atoms with Crippen LogP contribution in [0.4, 0.5) is 0 Å². The minimum Gasteiger partial charge on any atom is -0.272 e. The molecule has 0 radical (unpaired) electrons. The zero-order valence-electron chi connectivity index (χ0n) is 14.9. The van der Waals surface area contributed by atoms with E-state index in [1.165, 1.54) is 16.8 Å². The molecule has 0 saturated carbocycles. The maximum atomic E-state index is 4.10. The normalized spacial score (nSPS) is 11.8. The quantitative estimate of drug-likeness (QED) is 0.665. The summed E-state index contributed by atoms with van der Waals surface area (Å²) >= 11 is 0. The molecule has 0 atom stereocenters. The van der Waals surface area contributed by atoms with E-state index in [1.807, 2.05) is 17.9 Å². The molecule has 2 rings (SSSR count). The summed E-state index contributed by atoms with van der Waals surface area (Å²) in [5, 5.41) is 4.10. The van der Waals surface area contributed by atoms with Gasteiger partial charge >= 0.3 is 0 Å². The van der Waals surface area contributed by atoms with Crippen molar-refractivity contribution in [2.75, 3.05) is 0 Å². The summed E-state index contributed by atoms with van der Waals surface area (Å²) in [4.78, 5) is 0. The van der Waals surface area contributed by atoms with Crippen LogP contribution in [0.25, 0.3) is 0 Å². The van der Waals surface area contributed by atoms with Gasteiger partial charge in [-0.25, -0.2) is 0 Å². The van der Waals surface area contributed by atoms with Crippen LogP contribution in [0.3, 0.4) is 0 Å². The first kappa shape index (κ1) is 17.5. The Morgan fingerprint density at radius 3 is 1.71 bits per heavy atom. The van der Waals surface area contributed by atoms with E-state index in [4.69, 9.17) is 0 Å². The average Bonchev–Trinajstić information content (AvgIpc) is 2.75. The molecule has 116 valence electrons. The van der Waals surface area contributed by atoms with Crippen LogP contribution in [0, 0.1) is 6.92 Å². The van der Waals surface area contributed by atoms with Crippen LogP contribution in [-0.4, -0.2) is 9.78 Å². The molecule has 1 aromatic heterocycles. The number of hydrogen-bond donors (Lipinski definition) is 0. The summed E-state index contributed by atoms with van der Waals surface area (Å²) in [7, 11) is 1.97. The van der Waals surface area contributed by atoms with E-state index in [1.54, 1.807) is 0 Å². The lowest BCUT2D eigenvalue weighted by Gasteiger charge is -2.21. The van der Waals surface area contributed by atoms with Gasteiger partial charge in [-0.15, -0.1) is 0 Å². The monoisotopic (exact) mass is 286 g/mol. The molecule has 2 nitrogen and oxygen atoms in total. The molecule has 0 N–H and O–H groups in total. The highest BCUT2D eigenvalue weighted by Crippen LogP contribution is 2.24. The van der Waals surface area contributed by atoms with Crippen molar-refractivity contribution in [2.45, 2.75) is 59.3 Å². The molecule has 0 fully saturated rings. The third kappa shape index (κ3) is 5.04. The number of aryl methyl sites for hydroxylation is 2. The summed E-state index contributed by atoms with van der Waals surface area (Å²) < 4.78 is 1.92. The van der Waals surface area contributed by atoms with Crippen molar-refractivity contribution in [2.24, 2.45) is 7.05 Å². The molecule has 0 aliphatic heterocycles. The van der Waals surface area contributed by atoms with E-state index in [0.717, 1.165) is 0 Å². The number of benzene rings is 1. The first-order valence-corrected chi connectivity index (χ1v) is 7.58. The van der Waals surface area contributed by atoms with E-state index < -0.39 is 0 Å². The highest BCUT2D eigenvalue weighted by Gasteiger charge is 2.16. The van der Waals surface area contributed by atoms with Crippen LogP contribution in [0.15, 0.2) is 36.5 Å². The molecule has 1 aromatic carbocycles. The Morgan fingerprint density at radius 1 is 0.857 bits per heavy atom. The largest absolute Gasteiger partial charge is 0.272 e. The van der Waals surface area contributed by atoms with E-state index in [2.05, 4.69) is 83.9 Å². The van der Waals surface area contributed by atoms with Gasteiger partial charge in [0.25, 0.3) is 0 Å². The van der Waals surface area contributed by atoms with Gasteiger partial charge < -0.3 is 0 Å². The number of aromatic nitrogens is 2. The van der Waals surface area contributed by atoms with Gasteiger partial charge in [0, 0.05) is 24.4 Å². The first-order valence-electron chi connectivity index (χ1n) is 7.58. The van der Waals surface area contributed by atoms with Crippen LogP contribution in [0.2, 0.25) is 0 Å². The predicted octanol–water partition coefficient (Wildman–Crippen LogP) is 5.01. The molecule has 0 aliphatic carbocycles. The smallest absolute Gasteiger partial charge is 0.0492 e. The second-order valence-electron chi connectivity index (χ2n) is 7.65. The van der Waals surface area contributed by atoms with Crippen LogP contribution in [0.5, 0.6) is 0 Å². The molecule has 1 heterocycles. The fourth-order valence-corrected chi connectivity index (χ4v) is 2.52. The van der Waals surface area contributed by atoms with Crippen molar-refractivity contribution in [3.8, 4) is 0 Å². The molecule has 0 bridgehead atoms. The van der Waals surface area contributed by atoms with Gasteiger partial charge in [0.1, 0.15) is 0 Å². The molecular weight excluding hydrogens is 256 g/mol. The number of hydrogen-bond acceptors (Lipinski definition) is 1. The second kappa shape index (κ2) is 6.46. The van der Waals surface area contributed by atoms with Gasteiger partial charge in [0.2, 0.25) is 0 Å². The summed E-state index contributed by atoms with van der Waals surface area (Å²) in [6.45, 7) is 15.5. The topological polar surface area (TPSA) is 17.8 Å². The second-order valence-corrected chi connectivity index (χ2v) is 7.65. The van der Waals surface area contributed by atoms with Crippen molar-refractivity contribution in [3.05, 3.63) is 53.3 Å². The maximum absolute atomic E-state index is 4.10. The van der Waals surface area contributed by atoms with Crippen molar-refractivity contribution < 1.29 is 0 Å². The molecule has 0 unspecified atom stereocenters. The lowest BCUT2D eigenvalue weighted by molar-refractivity contribution is 0.523. The van der Waals surface area contributed by atoms with Crippen LogP contribution < -0.4 is 0 Å². The third-order valence-electron chi connectivity index (χ3n) is 3.54. The van der Waals surface area contributed by atoms with E-state index >= 15 is 0 Å². The Kier molecular flexibility index (Phi) is 5.38. The first-order chi connectivity index (χ1) is 9.53. The van der Waals surface area contributed by atoms with E-state index in [-0.39, 0.29) is 10.8 Å². The van der Waals surface area contributed by atoms with Crippen molar-refractivity contribution >= 4 is 0 Å². The standard InChI is InChI=1S/C11H16.C8H14N2/c1-9-7-5-6-8-10(9)11(2,3)4;1-8(2,3)7-5-6-9-10(7)4/h5-8H,1-4H3;5-6H,1-4H3. The fourth-order valence-electron chi connectivity index (χ4n) is 2.52. The van der Waals surface area contributed by atoms with Gasteiger partial charge in [0.15, 0.2) is 0 Å². The predicted molar refractivity (Wildman–Crippen MR) is 91.8 cm³/mol. The summed E-state index contributed by atoms with van der Waals surface area (Å²) in [6.07, 6.45) is 1.83. The van der Waals surface area contributed by atoms with Gasteiger partial charge in [-0.2, -0.15) is 5.10 Å². The van der Waals surface area contributed by atoms with Crippen molar-refractivity contribution in [1.82, 2.24) is 9.78 Å². The zero-order valence-corrected chi connectivity index (χ0v) is 14.9. The fraction of sp³-hybridized carbons (Fsp3) is 0.526. The Balaban J connectivity index is 0.000000211. The van der Waals surface area contributed by atoms with Crippen LogP contribution in [-0.2, 0) is 17.9 Å². The summed E-state index contributed by atoms with van der Waals surface area (Å²) in [6, 6.07) is 10.6. The third-order valence-corrected chi connectivity index (χ3v) is 3.54. The Labute approximate surface area is 130 Å². The molecule has 2 heteroatoms.